The van der Waals surface area contributed by atoms with E-state index in [1.807, 2.05) is 38.1 Å². The summed E-state index contributed by atoms with van der Waals surface area (Å²) in [7, 11) is 3.93. The normalized spacial score (nSPS) is 17.3. The van der Waals surface area contributed by atoms with Crippen molar-refractivity contribution in [1.82, 2.24) is 25.3 Å². The van der Waals surface area contributed by atoms with E-state index in [1.165, 1.54) is 0 Å². The maximum atomic E-state index is 10.0. The van der Waals surface area contributed by atoms with E-state index in [-0.39, 0.29) is 12.7 Å². The molecule has 1 aliphatic heterocycles. The maximum Gasteiger partial charge on any atom is 0.160 e. The lowest BCUT2D eigenvalue weighted by Crippen LogP contribution is -2.40. The highest BCUT2D eigenvalue weighted by atomic mass is 16.5. The number of ether oxygens (including phenoxy) is 2. The van der Waals surface area contributed by atoms with Crippen LogP contribution in [-0.4, -0.2) is 84.3 Å². The third-order valence-electron chi connectivity index (χ3n) is 6.54. The zero-order chi connectivity index (χ0) is 25.7. The van der Waals surface area contributed by atoms with E-state index in [0.29, 0.717) is 18.1 Å². The molecule has 1 fully saturated rings. The molecule has 2 unspecified atom stereocenters. The van der Waals surface area contributed by atoms with Gasteiger partial charge in [-0.15, -0.1) is 0 Å². The van der Waals surface area contributed by atoms with Crippen molar-refractivity contribution >= 4 is 0 Å². The standard InChI is InChI=1S/C27H37N5O4/c1-17-24(10-9-23-15-32(5)11-12-34-23)29-27(30-26(17)25-18(2)31-36-19(25)3)20-7-6-8-22(13-20)35-16-21(33)14-28-4/h6-8,13,21,23,28,33H,9-12,14-16H2,1-5H3. The van der Waals surface area contributed by atoms with Crippen molar-refractivity contribution in [2.24, 2.45) is 0 Å². The lowest BCUT2D eigenvalue weighted by molar-refractivity contribution is -0.0230. The number of hydrogen-bond donors (Lipinski definition) is 2. The molecule has 9 nitrogen and oxygen atoms in total. The van der Waals surface area contributed by atoms with Gasteiger partial charge in [-0.25, -0.2) is 9.97 Å². The lowest BCUT2D eigenvalue weighted by atomic mass is 10.00. The Hall–Kier alpha value is -2.85. The zero-order valence-electron chi connectivity index (χ0n) is 21.9. The Labute approximate surface area is 212 Å². The van der Waals surface area contributed by atoms with Gasteiger partial charge < -0.3 is 29.3 Å². The number of aromatic nitrogens is 3. The van der Waals surface area contributed by atoms with Crippen LogP contribution in [-0.2, 0) is 11.2 Å². The van der Waals surface area contributed by atoms with E-state index in [0.717, 1.165) is 72.1 Å². The number of nitrogens with zero attached hydrogens (tertiary/aromatic N) is 4. The SMILES string of the molecule is CNCC(O)COc1cccc(-c2nc(CCC3CN(C)CCO3)c(C)c(-c3c(C)noc3C)n2)c1. The first-order valence-electron chi connectivity index (χ1n) is 12.5. The average Bonchev–Trinajstić information content (AvgIpc) is 3.20. The van der Waals surface area contributed by atoms with Crippen LogP contribution >= 0.6 is 0 Å². The molecule has 1 aromatic carbocycles. The molecular weight excluding hydrogens is 458 g/mol. The van der Waals surface area contributed by atoms with Crippen molar-refractivity contribution in [3.8, 4) is 28.4 Å². The average molecular weight is 496 g/mol. The Morgan fingerprint density at radius 2 is 2.08 bits per heavy atom. The number of hydrogen-bond acceptors (Lipinski definition) is 9. The van der Waals surface area contributed by atoms with Gasteiger partial charge in [-0.1, -0.05) is 17.3 Å². The van der Waals surface area contributed by atoms with Crippen LogP contribution < -0.4 is 10.1 Å². The molecule has 4 rings (SSSR count). The summed E-state index contributed by atoms with van der Waals surface area (Å²) in [6.45, 7) is 9.22. The molecule has 2 atom stereocenters. The highest BCUT2D eigenvalue weighted by Crippen LogP contribution is 2.32. The molecule has 0 saturated carbocycles. The monoisotopic (exact) mass is 495 g/mol. The van der Waals surface area contributed by atoms with E-state index < -0.39 is 6.10 Å². The number of aliphatic hydroxyl groups excluding tert-OH is 1. The number of rotatable bonds is 10. The Morgan fingerprint density at radius 1 is 1.25 bits per heavy atom. The predicted octanol–water partition coefficient (Wildman–Crippen LogP) is 2.95. The Morgan fingerprint density at radius 3 is 2.81 bits per heavy atom. The van der Waals surface area contributed by atoms with Gasteiger partial charge in [-0.3, -0.25) is 0 Å². The fraction of sp³-hybridized carbons (Fsp3) is 0.519. The Bertz CT molecular complexity index is 1150. The minimum Gasteiger partial charge on any atom is -0.491 e. The molecule has 36 heavy (non-hydrogen) atoms. The summed E-state index contributed by atoms with van der Waals surface area (Å²) >= 11 is 0. The molecule has 0 amide bonds. The van der Waals surface area contributed by atoms with Crippen molar-refractivity contribution in [2.75, 3.05) is 46.9 Å². The van der Waals surface area contributed by atoms with Crippen LogP contribution in [0.4, 0.5) is 0 Å². The van der Waals surface area contributed by atoms with Gasteiger partial charge in [-0.2, -0.15) is 0 Å². The number of morpholine rings is 1. The van der Waals surface area contributed by atoms with Crippen molar-refractivity contribution in [1.29, 1.82) is 0 Å². The molecule has 0 aliphatic carbocycles. The molecule has 194 valence electrons. The largest absolute Gasteiger partial charge is 0.491 e. The first kappa shape index (κ1) is 26.2. The number of aryl methyl sites for hydroxylation is 3. The topological polar surface area (TPSA) is 106 Å². The molecule has 2 aromatic heterocycles. The van der Waals surface area contributed by atoms with Gasteiger partial charge in [0, 0.05) is 30.9 Å². The molecule has 0 spiro atoms. The van der Waals surface area contributed by atoms with Gasteiger partial charge in [0.25, 0.3) is 0 Å². The molecule has 3 heterocycles. The van der Waals surface area contributed by atoms with Crippen LogP contribution in [0, 0.1) is 20.8 Å². The summed E-state index contributed by atoms with van der Waals surface area (Å²) < 4.78 is 17.3. The summed E-state index contributed by atoms with van der Waals surface area (Å²) in [5.74, 6) is 2.01. The van der Waals surface area contributed by atoms with Gasteiger partial charge in [0.05, 0.1) is 29.7 Å². The fourth-order valence-corrected chi connectivity index (χ4v) is 4.55. The van der Waals surface area contributed by atoms with Crippen LogP contribution in [0.25, 0.3) is 22.6 Å². The number of benzene rings is 1. The summed E-state index contributed by atoms with van der Waals surface area (Å²) in [5.41, 5.74) is 5.41. The van der Waals surface area contributed by atoms with E-state index in [2.05, 4.69) is 29.3 Å². The number of nitrogens with one attached hydrogen (secondary N) is 1. The van der Waals surface area contributed by atoms with Crippen LogP contribution in [0.15, 0.2) is 28.8 Å². The highest BCUT2D eigenvalue weighted by molar-refractivity contribution is 5.70. The highest BCUT2D eigenvalue weighted by Gasteiger charge is 2.22. The Kier molecular flexibility index (Phi) is 8.68. The molecule has 0 radical (unpaired) electrons. The van der Waals surface area contributed by atoms with Gasteiger partial charge in [0.15, 0.2) is 5.82 Å². The molecule has 9 heteroatoms. The summed E-state index contributed by atoms with van der Waals surface area (Å²) in [6, 6.07) is 7.68. The zero-order valence-corrected chi connectivity index (χ0v) is 21.9. The van der Waals surface area contributed by atoms with Crippen molar-refractivity contribution < 1.29 is 19.1 Å². The van der Waals surface area contributed by atoms with E-state index in [4.69, 9.17) is 24.0 Å². The van der Waals surface area contributed by atoms with Crippen LogP contribution in [0.5, 0.6) is 5.75 Å². The minimum absolute atomic E-state index is 0.185. The number of likely N-dealkylation sites (N-methyl/N-ethyl adjacent to an activating group) is 2. The van der Waals surface area contributed by atoms with Crippen LogP contribution in [0.2, 0.25) is 0 Å². The van der Waals surface area contributed by atoms with Crippen molar-refractivity contribution in [2.45, 2.75) is 45.8 Å². The fourth-order valence-electron chi connectivity index (χ4n) is 4.55. The molecule has 3 aromatic rings. The van der Waals surface area contributed by atoms with E-state index in [1.54, 1.807) is 7.05 Å². The van der Waals surface area contributed by atoms with Crippen LogP contribution in [0.3, 0.4) is 0 Å². The molecule has 1 saturated heterocycles. The van der Waals surface area contributed by atoms with Gasteiger partial charge in [-0.05, 0) is 65.4 Å². The molecule has 0 bridgehead atoms. The van der Waals surface area contributed by atoms with Gasteiger partial charge >= 0.3 is 0 Å². The quantitative estimate of drug-likeness (QED) is 0.439. The second-order valence-corrected chi connectivity index (χ2v) is 9.51. The Balaban J connectivity index is 1.66. The summed E-state index contributed by atoms with van der Waals surface area (Å²) in [6.07, 6.45) is 1.26. The van der Waals surface area contributed by atoms with E-state index >= 15 is 0 Å². The van der Waals surface area contributed by atoms with Gasteiger partial charge in [0.1, 0.15) is 24.2 Å². The molecule has 2 N–H and O–H groups in total. The third kappa shape index (κ3) is 6.28. The van der Waals surface area contributed by atoms with E-state index in [9.17, 15) is 5.11 Å². The second-order valence-electron chi connectivity index (χ2n) is 9.51. The lowest BCUT2D eigenvalue weighted by Gasteiger charge is -2.30. The first-order valence-corrected chi connectivity index (χ1v) is 12.5. The first-order chi connectivity index (χ1) is 17.4. The molecule has 1 aliphatic rings. The van der Waals surface area contributed by atoms with Crippen molar-refractivity contribution in [3.63, 3.8) is 0 Å². The van der Waals surface area contributed by atoms with Crippen molar-refractivity contribution in [3.05, 3.63) is 47.0 Å². The summed E-state index contributed by atoms with van der Waals surface area (Å²) in [5, 5.41) is 17.1. The smallest absolute Gasteiger partial charge is 0.160 e. The summed E-state index contributed by atoms with van der Waals surface area (Å²) in [4.78, 5) is 12.3. The third-order valence-corrected chi connectivity index (χ3v) is 6.54. The predicted molar refractivity (Wildman–Crippen MR) is 138 cm³/mol. The van der Waals surface area contributed by atoms with Gasteiger partial charge in [0.2, 0.25) is 0 Å². The number of aliphatic hydroxyl groups is 1. The van der Waals surface area contributed by atoms with Crippen LogP contribution in [0.1, 0.15) is 29.1 Å². The second kappa shape index (κ2) is 11.9. The minimum atomic E-state index is -0.590. The molecular formula is C27H37N5O4. The maximum absolute atomic E-state index is 10.0.